The highest BCUT2D eigenvalue weighted by molar-refractivity contribution is 7.86. The number of carbonyl (C=O) groups is 1. The number of benzene rings is 1. The summed E-state index contributed by atoms with van der Waals surface area (Å²) in [6, 6.07) is 4.64. The van der Waals surface area contributed by atoms with Gasteiger partial charge in [0.25, 0.3) is 0 Å². The van der Waals surface area contributed by atoms with Gasteiger partial charge in [-0.15, -0.1) is 0 Å². The second kappa shape index (κ2) is 7.33. The fourth-order valence-corrected chi connectivity index (χ4v) is 2.63. The van der Waals surface area contributed by atoms with E-state index in [0.717, 1.165) is 6.26 Å². The first-order valence-corrected chi connectivity index (χ1v) is 9.19. The van der Waals surface area contributed by atoms with Crippen molar-refractivity contribution in [3.05, 3.63) is 28.8 Å². The summed E-state index contributed by atoms with van der Waals surface area (Å²) in [4.78, 5) is 14.0. The van der Waals surface area contributed by atoms with Crippen molar-refractivity contribution in [2.24, 2.45) is 5.92 Å². The maximum absolute atomic E-state index is 12.3. The van der Waals surface area contributed by atoms with Crippen molar-refractivity contribution in [1.82, 2.24) is 4.90 Å². The molecule has 0 atom stereocenters. The number of hydrogen-bond donors (Lipinski definition) is 0. The van der Waals surface area contributed by atoms with E-state index in [-0.39, 0.29) is 30.2 Å². The van der Waals surface area contributed by atoms with E-state index in [0.29, 0.717) is 10.6 Å². The lowest BCUT2D eigenvalue weighted by atomic mass is 10.1. The molecule has 0 heterocycles. The topological polar surface area (TPSA) is 63.7 Å². The molecule has 1 amide bonds. The molecule has 0 aliphatic rings. The maximum Gasteiger partial charge on any atom is 0.306 e. The summed E-state index contributed by atoms with van der Waals surface area (Å²) in [5.74, 6) is 0.0234. The summed E-state index contributed by atoms with van der Waals surface area (Å²) >= 11 is 5.98. The molecule has 0 radical (unpaired) electrons. The molecular formula is C15H22ClNO4S. The number of halogens is 1. The van der Waals surface area contributed by atoms with Gasteiger partial charge >= 0.3 is 10.1 Å². The van der Waals surface area contributed by atoms with Crippen LogP contribution in [0.2, 0.25) is 5.02 Å². The third-order valence-electron chi connectivity index (χ3n) is 3.00. The molecule has 0 saturated heterocycles. The third kappa shape index (κ3) is 5.50. The van der Waals surface area contributed by atoms with Crippen LogP contribution in [0.5, 0.6) is 5.75 Å². The standard InChI is InChI=1S/C15H22ClNO4S/c1-10(2)15(18)17(11(3)4)9-12-8-13(16)6-7-14(12)21-22(5,19)20/h6-8,10-11H,9H2,1-5H3. The summed E-state index contributed by atoms with van der Waals surface area (Å²) in [6.07, 6.45) is 0.977. The van der Waals surface area contributed by atoms with Gasteiger partial charge in [-0.05, 0) is 32.0 Å². The van der Waals surface area contributed by atoms with Crippen molar-refractivity contribution < 1.29 is 17.4 Å². The number of hydrogen-bond acceptors (Lipinski definition) is 4. The predicted octanol–water partition coefficient (Wildman–Crippen LogP) is 3.07. The van der Waals surface area contributed by atoms with Gasteiger partial charge in [-0.25, -0.2) is 0 Å². The van der Waals surface area contributed by atoms with Gasteiger partial charge in [-0.3, -0.25) is 4.79 Å². The van der Waals surface area contributed by atoms with Crippen molar-refractivity contribution in [3.8, 4) is 5.75 Å². The molecule has 0 aliphatic carbocycles. The van der Waals surface area contributed by atoms with Crippen LogP contribution in [0.15, 0.2) is 18.2 Å². The Balaban J connectivity index is 3.18. The molecule has 22 heavy (non-hydrogen) atoms. The SMILES string of the molecule is CC(C)C(=O)N(Cc1cc(Cl)ccc1OS(C)(=O)=O)C(C)C. The van der Waals surface area contributed by atoms with Crippen LogP contribution in [0.3, 0.4) is 0 Å². The van der Waals surface area contributed by atoms with Crippen LogP contribution < -0.4 is 4.18 Å². The van der Waals surface area contributed by atoms with Crippen molar-refractivity contribution in [1.29, 1.82) is 0 Å². The third-order valence-corrected chi connectivity index (χ3v) is 3.72. The molecule has 0 N–H and O–H groups in total. The monoisotopic (exact) mass is 347 g/mol. The molecule has 5 nitrogen and oxygen atoms in total. The minimum atomic E-state index is -3.65. The summed E-state index contributed by atoms with van der Waals surface area (Å²) in [7, 11) is -3.65. The molecule has 1 aromatic carbocycles. The predicted molar refractivity (Wildman–Crippen MR) is 87.4 cm³/mol. The van der Waals surface area contributed by atoms with Gasteiger partial charge in [0.15, 0.2) is 0 Å². The second-order valence-corrected chi connectivity index (χ2v) is 7.77. The zero-order valence-corrected chi connectivity index (χ0v) is 15.0. The first-order valence-electron chi connectivity index (χ1n) is 6.99. The molecule has 0 saturated carbocycles. The van der Waals surface area contributed by atoms with E-state index in [1.807, 2.05) is 27.7 Å². The lowest BCUT2D eigenvalue weighted by Crippen LogP contribution is -2.39. The molecule has 0 aliphatic heterocycles. The Morgan fingerprint density at radius 1 is 1.27 bits per heavy atom. The van der Waals surface area contributed by atoms with E-state index < -0.39 is 10.1 Å². The van der Waals surface area contributed by atoms with Crippen LogP contribution in [0.4, 0.5) is 0 Å². The van der Waals surface area contributed by atoms with Crippen LogP contribution >= 0.6 is 11.6 Å². The van der Waals surface area contributed by atoms with E-state index in [2.05, 4.69) is 0 Å². The zero-order chi connectivity index (χ0) is 17.1. The average Bonchev–Trinajstić information content (AvgIpc) is 2.36. The molecule has 1 rings (SSSR count). The van der Waals surface area contributed by atoms with Gasteiger partial charge in [0.1, 0.15) is 5.75 Å². The first kappa shape index (κ1) is 18.8. The Labute approximate surface area is 137 Å². The van der Waals surface area contributed by atoms with Crippen LogP contribution in [-0.4, -0.2) is 31.5 Å². The van der Waals surface area contributed by atoms with Gasteiger partial charge in [0.2, 0.25) is 5.91 Å². The number of rotatable bonds is 6. The largest absolute Gasteiger partial charge is 0.382 e. The molecule has 0 bridgehead atoms. The smallest absolute Gasteiger partial charge is 0.306 e. The van der Waals surface area contributed by atoms with Crippen LogP contribution in [0.1, 0.15) is 33.3 Å². The molecule has 0 unspecified atom stereocenters. The van der Waals surface area contributed by atoms with E-state index >= 15 is 0 Å². The molecule has 7 heteroatoms. The molecule has 1 aromatic rings. The minimum Gasteiger partial charge on any atom is -0.382 e. The highest BCUT2D eigenvalue weighted by Crippen LogP contribution is 2.26. The summed E-state index contributed by atoms with van der Waals surface area (Å²) in [5.41, 5.74) is 0.556. The molecule has 124 valence electrons. The summed E-state index contributed by atoms with van der Waals surface area (Å²) < 4.78 is 27.7. The van der Waals surface area contributed by atoms with Gasteiger partial charge in [-0.2, -0.15) is 8.42 Å². The van der Waals surface area contributed by atoms with Crippen LogP contribution in [0.25, 0.3) is 0 Å². The average molecular weight is 348 g/mol. The first-order chi connectivity index (χ1) is 10.0. The van der Waals surface area contributed by atoms with E-state index in [1.165, 1.54) is 6.07 Å². The van der Waals surface area contributed by atoms with Crippen LogP contribution in [-0.2, 0) is 21.5 Å². The van der Waals surface area contributed by atoms with Gasteiger partial charge in [0.05, 0.1) is 6.26 Å². The van der Waals surface area contributed by atoms with Crippen molar-refractivity contribution >= 4 is 27.6 Å². The highest BCUT2D eigenvalue weighted by atomic mass is 35.5. The quantitative estimate of drug-likeness (QED) is 0.742. The van der Waals surface area contributed by atoms with E-state index in [4.69, 9.17) is 15.8 Å². The lowest BCUT2D eigenvalue weighted by molar-refractivity contribution is -0.136. The second-order valence-electron chi connectivity index (χ2n) is 5.75. The van der Waals surface area contributed by atoms with Crippen molar-refractivity contribution in [2.45, 2.75) is 40.3 Å². The minimum absolute atomic E-state index is 0.0136. The van der Waals surface area contributed by atoms with Gasteiger partial charge in [0, 0.05) is 29.1 Å². The van der Waals surface area contributed by atoms with Crippen LogP contribution in [0, 0.1) is 5.92 Å². The molecular weight excluding hydrogens is 326 g/mol. The molecule has 0 spiro atoms. The fraction of sp³-hybridized carbons (Fsp3) is 0.533. The van der Waals surface area contributed by atoms with Gasteiger partial charge in [-0.1, -0.05) is 25.4 Å². The number of amides is 1. The Kier molecular flexibility index (Phi) is 6.26. The Morgan fingerprint density at radius 3 is 2.32 bits per heavy atom. The number of carbonyl (C=O) groups excluding carboxylic acids is 1. The lowest BCUT2D eigenvalue weighted by Gasteiger charge is -2.29. The summed E-state index contributed by atoms with van der Waals surface area (Å²) in [6.45, 7) is 7.69. The fourth-order valence-electron chi connectivity index (χ4n) is 1.95. The van der Waals surface area contributed by atoms with Crippen molar-refractivity contribution in [3.63, 3.8) is 0 Å². The highest BCUT2D eigenvalue weighted by Gasteiger charge is 2.22. The van der Waals surface area contributed by atoms with E-state index in [9.17, 15) is 13.2 Å². The Bertz CT molecular complexity index is 641. The summed E-state index contributed by atoms with van der Waals surface area (Å²) in [5, 5.41) is 0.455. The Morgan fingerprint density at radius 2 is 1.86 bits per heavy atom. The maximum atomic E-state index is 12.3. The van der Waals surface area contributed by atoms with Gasteiger partial charge < -0.3 is 9.08 Å². The zero-order valence-electron chi connectivity index (χ0n) is 13.5. The normalized spacial score (nSPS) is 11.8. The van der Waals surface area contributed by atoms with E-state index in [1.54, 1.807) is 17.0 Å². The van der Waals surface area contributed by atoms with Crippen molar-refractivity contribution in [2.75, 3.05) is 6.26 Å². The Hall–Kier alpha value is -1.27. The molecule has 0 fully saturated rings. The molecule has 0 aromatic heterocycles. The number of nitrogens with zero attached hydrogens (tertiary/aromatic N) is 1.